The molecule has 3 aromatic heterocycles. The number of aryl methyl sites for hydroxylation is 2. The van der Waals surface area contributed by atoms with Crippen LogP contribution in [0.1, 0.15) is 19.4 Å². The van der Waals surface area contributed by atoms with Crippen molar-refractivity contribution in [3.8, 4) is 5.69 Å². The summed E-state index contributed by atoms with van der Waals surface area (Å²) in [5.41, 5.74) is 15.4. The minimum absolute atomic E-state index is 0.728. The predicted molar refractivity (Wildman–Crippen MR) is 272 cm³/mol. The molecule has 0 spiro atoms. The normalized spacial score (nSPS) is 11.8. The Morgan fingerprint density at radius 3 is 1.23 bits per heavy atom. The molecule has 0 fully saturated rings. The molecule has 5 nitrogen and oxygen atoms in total. The van der Waals surface area contributed by atoms with Gasteiger partial charge in [-0.05, 0) is 129 Å². The molecular weight excluding hydrogens is 779 g/mol. The van der Waals surface area contributed by atoms with Crippen molar-refractivity contribution in [1.82, 2.24) is 13.7 Å². The van der Waals surface area contributed by atoms with E-state index in [9.17, 15) is 0 Å². The number of hydrogen-bond donors (Lipinski definition) is 0. The molecule has 5 heteroatoms. The molecule has 0 atom stereocenters. The van der Waals surface area contributed by atoms with E-state index in [0.29, 0.717) is 0 Å². The van der Waals surface area contributed by atoms with Crippen molar-refractivity contribution in [2.75, 3.05) is 9.80 Å². The molecule has 0 saturated heterocycles. The first-order valence-corrected chi connectivity index (χ1v) is 22.5. The minimum atomic E-state index is 0.728. The largest absolute Gasteiger partial charge is 0.341 e. The molecule has 0 aliphatic heterocycles. The third kappa shape index (κ3) is 6.07. The van der Waals surface area contributed by atoms with Gasteiger partial charge in [0.05, 0.1) is 11.0 Å². The van der Waals surface area contributed by atoms with Gasteiger partial charge in [-0.2, -0.15) is 0 Å². The number of aromatic nitrogens is 3. The second-order valence-electron chi connectivity index (χ2n) is 16.7. The average molecular weight is 826 g/mol. The highest BCUT2D eigenvalue weighted by Crippen LogP contribution is 2.43. The molecule has 0 N–H and O–H groups in total. The van der Waals surface area contributed by atoms with Crippen molar-refractivity contribution < 1.29 is 0 Å². The lowest BCUT2D eigenvalue weighted by molar-refractivity contribution is 0.827. The highest BCUT2D eigenvalue weighted by molar-refractivity contribution is 6.13. The van der Waals surface area contributed by atoms with Crippen molar-refractivity contribution in [2.45, 2.75) is 33.5 Å². The summed E-state index contributed by atoms with van der Waals surface area (Å²) >= 11 is 0. The van der Waals surface area contributed by atoms with Crippen LogP contribution in [0.25, 0.3) is 71.1 Å². The Labute approximate surface area is 372 Å². The lowest BCUT2D eigenvalue weighted by Gasteiger charge is -2.26. The molecule has 3 heterocycles. The fraction of sp³-hybridized carbons (Fsp3) is 0.0847. The van der Waals surface area contributed by atoms with Gasteiger partial charge in [0.25, 0.3) is 0 Å². The Bertz CT molecular complexity index is 3670. The summed E-state index contributed by atoms with van der Waals surface area (Å²) in [5, 5.41) is 7.50. The van der Waals surface area contributed by atoms with Crippen molar-refractivity contribution in [3.63, 3.8) is 0 Å². The molecule has 12 rings (SSSR count). The maximum atomic E-state index is 2.49. The summed E-state index contributed by atoms with van der Waals surface area (Å²) < 4.78 is 7.27. The van der Waals surface area contributed by atoms with Gasteiger partial charge in [-0.25, -0.2) is 0 Å². The van der Waals surface area contributed by atoms with Crippen molar-refractivity contribution >= 4 is 93.9 Å². The molecule has 12 aromatic rings. The topological polar surface area (TPSA) is 21.3 Å². The third-order valence-electron chi connectivity index (χ3n) is 13.2. The van der Waals surface area contributed by atoms with Gasteiger partial charge in [0.15, 0.2) is 0 Å². The van der Waals surface area contributed by atoms with E-state index in [1.807, 2.05) is 0 Å². The zero-order valence-electron chi connectivity index (χ0n) is 36.1. The van der Waals surface area contributed by atoms with Crippen molar-refractivity contribution in [2.24, 2.45) is 0 Å². The van der Waals surface area contributed by atoms with Gasteiger partial charge in [0, 0.05) is 108 Å². The molecule has 9 aromatic carbocycles. The number of para-hydroxylation sites is 4. The fourth-order valence-corrected chi connectivity index (χ4v) is 10.4. The van der Waals surface area contributed by atoms with Gasteiger partial charge < -0.3 is 23.5 Å². The van der Waals surface area contributed by atoms with Crippen LogP contribution in [0.4, 0.5) is 28.4 Å². The SMILES string of the molecule is CCn1c2ccccc2c2cc(N(Cc3ccccc3)c3ccc4c(c3)c3cc(N(c5ccccc5)c5ccc6c(c5)c5ccccc5n6CC)ccc3n4-c3ccccc3)ccc21. The van der Waals surface area contributed by atoms with Gasteiger partial charge in [-0.1, -0.05) is 103 Å². The van der Waals surface area contributed by atoms with Gasteiger partial charge in [0.1, 0.15) is 0 Å². The predicted octanol–water partition coefficient (Wildman–Crippen LogP) is 15.8. The maximum absolute atomic E-state index is 2.49. The number of fused-ring (bicyclic) bond motifs is 9. The van der Waals surface area contributed by atoms with Gasteiger partial charge in [-0.3, -0.25) is 0 Å². The first-order valence-electron chi connectivity index (χ1n) is 22.5. The number of rotatable bonds is 10. The molecule has 308 valence electrons. The fourth-order valence-electron chi connectivity index (χ4n) is 10.4. The van der Waals surface area contributed by atoms with Crippen LogP contribution in [-0.4, -0.2) is 13.7 Å². The second kappa shape index (κ2) is 15.4. The molecule has 64 heavy (non-hydrogen) atoms. The standard InChI is InChI=1S/C59H47N5/c1-3-60-54-26-16-14-24-48(54)50-36-44(28-32-56(50)60)62(40-41-18-8-5-9-19-41)45-29-34-58-52(37-45)53-39-47(31-35-59(53)64(58)43-22-12-7-13-23-43)63(42-20-10-6-11-21-42)46-30-33-57-51(38-46)49-25-15-17-27-55(49)61(57)4-2/h5-39H,3-4,40H2,1-2H3. The quantitative estimate of drug-likeness (QED) is 0.137. The lowest BCUT2D eigenvalue weighted by atomic mass is 10.1. The molecule has 0 radical (unpaired) electrons. The molecule has 0 aliphatic rings. The van der Waals surface area contributed by atoms with Crippen LogP contribution in [0, 0.1) is 0 Å². The van der Waals surface area contributed by atoms with Crippen molar-refractivity contribution in [1.29, 1.82) is 0 Å². The van der Waals surface area contributed by atoms with Crippen LogP contribution in [0.3, 0.4) is 0 Å². The summed E-state index contributed by atoms with van der Waals surface area (Å²) in [5.74, 6) is 0. The highest BCUT2D eigenvalue weighted by Gasteiger charge is 2.21. The molecule has 0 saturated carbocycles. The van der Waals surface area contributed by atoms with Gasteiger partial charge >= 0.3 is 0 Å². The monoisotopic (exact) mass is 825 g/mol. The summed E-state index contributed by atoms with van der Waals surface area (Å²) in [6.07, 6.45) is 0. The smallest absolute Gasteiger partial charge is 0.0542 e. The Hall–Kier alpha value is -8.02. The molecule has 0 amide bonds. The minimum Gasteiger partial charge on any atom is -0.341 e. The number of benzene rings is 9. The summed E-state index contributed by atoms with van der Waals surface area (Å²) in [6, 6.07) is 78.0. The van der Waals surface area contributed by atoms with E-state index in [2.05, 4.69) is 250 Å². The average Bonchev–Trinajstić information content (AvgIpc) is 3.98. The summed E-state index contributed by atoms with van der Waals surface area (Å²) in [4.78, 5) is 4.90. The van der Waals surface area contributed by atoms with E-state index in [-0.39, 0.29) is 0 Å². The van der Waals surface area contributed by atoms with E-state index in [1.165, 1.54) is 71.0 Å². The highest BCUT2D eigenvalue weighted by atomic mass is 15.1. The van der Waals surface area contributed by atoms with Crippen LogP contribution < -0.4 is 9.80 Å². The second-order valence-corrected chi connectivity index (χ2v) is 16.7. The van der Waals surface area contributed by atoms with Crippen LogP contribution in [0.5, 0.6) is 0 Å². The first kappa shape index (κ1) is 37.7. The third-order valence-corrected chi connectivity index (χ3v) is 13.2. The van der Waals surface area contributed by atoms with Crippen LogP contribution in [0.15, 0.2) is 212 Å². The number of anilines is 5. The maximum Gasteiger partial charge on any atom is 0.0542 e. The van der Waals surface area contributed by atoms with Crippen LogP contribution >= 0.6 is 0 Å². The molecular formula is C59H47N5. The van der Waals surface area contributed by atoms with Crippen LogP contribution in [-0.2, 0) is 19.6 Å². The van der Waals surface area contributed by atoms with E-state index < -0.39 is 0 Å². The Morgan fingerprint density at radius 2 is 0.719 bits per heavy atom. The van der Waals surface area contributed by atoms with E-state index >= 15 is 0 Å². The zero-order chi connectivity index (χ0) is 42.7. The van der Waals surface area contributed by atoms with Gasteiger partial charge in [-0.15, -0.1) is 0 Å². The Morgan fingerprint density at radius 1 is 0.328 bits per heavy atom. The van der Waals surface area contributed by atoms with E-state index in [4.69, 9.17) is 0 Å². The number of hydrogen-bond acceptors (Lipinski definition) is 2. The first-order chi connectivity index (χ1) is 31.7. The summed E-state index contributed by atoms with van der Waals surface area (Å²) in [7, 11) is 0. The molecule has 0 unspecified atom stereocenters. The van der Waals surface area contributed by atoms with Crippen LogP contribution in [0.2, 0.25) is 0 Å². The lowest BCUT2D eigenvalue weighted by Crippen LogP contribution is -2.16. The summed E-state index contributed by atoms with van der Waals surface area (Å²) in [6.45, 7) is 7.02. The van der Waals surface area contributed by atoms with Crippen molar-refractivity contribution in [3.05, 3.63) is 218 Å². The van der Waals surface area contributed by atoms with E-state index in [1.54, 1.807) is 0 Å². The Kier molecular flexibility index (Phi) is 9.08. The zero-order valence-corrected chi connectivity index (χ0v) is 36.1. The van der Waals surface area contributed by atoms with Gasteiger partial charge in [0.2, 0.25) is 0 Å². The number of nitrogens with zero attached hydrogens (tertiary/aromatic N) is 5. The van der Waals surface area contributed by atoms with E-state index in [0.717, 1.165) is 53.8 Å². The Balaban J connectivity index is 1.08. The molecule has 0 bridgehead atoms. The molecule has 0 aliphatic carbocycles.